The Morgan fingerprint density at radius 3 is 2.67 bits per heavy atom. The lowest BCUT2D eigenvalue weighted by Crippen LogP contribution is -2.47. The molecule has 1 fully saturated rings. The summed E-state index contributed by atoms with van der Waals surface area (Å²) >= 11 is 0. The fraction of sp³-hybridized carbons (Fsp3) is 0.412. The molecule has 7 nitrogen and oxygen atoms in total. The summed E-state index contributed by atoms with van der Waals surface area (Å²) in [6.45, 7) is 5.23. The summed E-state index contributed by atoms with van der Waals surface area (Å²) in [5.41, 5.74) is 1.37. The third-order valence-corrected chi connectivity index (χ3v) is 4.34. The fourth-order valence-corrected chi connectivity index (χ4v) is 2.93. The number of aromatic hydroxyl groups is 1. The Labute approximate surface area is 141 Å². The molecule has 1 aliphatic heterocycles. The van der Waals surface area contributed by atoms with Crippen molar-refractivity contribution in [3.8, 4) is 5.75 Å². The van der Waals surface area contributed by atoms with Gasteiger partial charge in [-0.25, -0.2) is 4.68 Å². The van der Waals surface area contributed by atoms with Crippen LogP contribution in [0.25, 0.3) is 0 Å². The maximum absolute atomic E-state index is 11.9. The second-order valence-corrected chi connectivity index (χ2v) is 5.92. The second kappa shape index (κ2) is 7.35. The molecule has 0 atom stereocenters. The average Bonchev–Trinajstić information content (AvgIpc) is 2.60. The Morgan fingerprint density at radius 2 is 1.92 bits per heavy atom. The number of nitrogens with one attached hydrogen (secondary N) is 1. The number of rotatable bonds is 5. The number of para-hydroxylation sites is 2. The van der Waals surface area contributed by atoms with Crippen molar-refractivity contribution in [2.75, 3.05) is 49.5 Å². The Kier molecular flexibility index (Phi) is 5.00. The predicted octanol–water partition coefficient (Wildman–Crippen LogP) is 0.720. The Morgan fingerprint density at radius 1 is 1.17 bits per heavy atom. The highest BCUT2D eigenvalue weighted by atomic mass is 16.3. The molecule has 7 heteroatoms. The number of benzene rings is 1. The summed E-state index contributed by atoms with van der Waals surface area (Å²) in [5, 5.41) is 17.0. The van der Waals surface area contributed by atoms with Crippen LogP contribution in [0.2, 0.25) is 0 Å². The lowest BCUT2D eigenvalue weighted by molar-refractivity contribution is 0.266. The molecule has 0 saturated carbocycles. The topological polar surface area (TPSA) is 73.6 Å². The smallest absolute Gasteiger partial charge is 0.289 e. The van der Waals surface area contributed by atoms with E-state index in [0.29, 0.717) is 11.4 Å². The van der Waals surface area contributed by atoms with Crippen LogP contribution in [0.3, 0.4) is 0 Å². The molecule has 128 valence electrons. The van der Waals surface area contributed by atoms with Crippen molar-refractivity contribution in [3.05, 3.63) is 46.9 Å². The number of hydrogen-bond acceptors (Lipinski definition) is 6. The van der Waals surface area contributed by atoms with E-state index in [2.05, 4.69) is 20.2 Å². The van der Waals surface area contributed by atoms with Gasteiger partial charge in [-0.15, -0.1) is 0 Å². The van der Waals surface area contributed by atoms with Gasteiger partial charge in [-0.2, -0.15) is 5.10 Å². The number of nitrogens with zero attached hydrogens (tertiary/aromatic N) is 4. The van der Waals surface area contributed by atoms with Gasteiger partial charge < -0.3 is 15.3 Å². The van der Waals surface area contributed by atoms with Gasteiger partial charge in [0.2, 0.25) is 0 Å². The summed E-state index contributed by atoms with van der Waals surface area (Å²) < 4.78 is 1.33. The van der Waals surface area contributed by atoms with E-state index < -0.39 is 0 Å². The standard InChI is InChI=1S/C17H23N5O2/c1-20-17(24)14(6-7-19-20)18-8-9-21-10-12-22(13-11-21)15-4-2-3-5-16(15)23/h2-7,18,23H,8-13H2,1H3. The second-order valence-electron chi connectivity index (χ2n) is 5.92. The van der Waals surface area contributed by atoms with E-state index in [-0.39, 0.29) is 5.56 Å². The number of phenols is 1. The van der Waals surface area contributed by atoms with Crippen molar-refractivity contribution in [3.63, 3.8) is 0 Å². The summed E-state index contributed by atoms with van der Waals surface area (Å²) in [5.74, 6) is 0.334. The predicted molar refractivity (Wildman–Crippen MR) is 94.7 cm³/mol. The minimum Gasteiger partial charge on any atom is -0.506 e. The fourth-order valence-electron chi connectivity index (χ4n) is 2.93. The summed E-state index contributed by atoms with van der Waals surface area (Å²) in [4.78, 5) is 16.4. The number of aromatic nitrogens is 2. The third-order valence-electron chi connectivity index (χ3n) is 4.34. The van der Waals surface area contributed by atoms with Crippen molar-refractivity contribution in [1.82, 2.24) is 14.7 Å². The van der Waals surface area contributed by atoms with Gasteiger partial charge in [0.1, 0.15) is 11.4 Å². The van der Waals surface area contributed by atoms with Gasteiger partial charge in [0.05, 0.1) is 5.69 Å². The Bertz CT molecular complexity index is 738. The van der Waals surface area contributed by atoms with Crippen LogP contribution in [0, 0.1) is 0 Å². The molecule has 1 aromatic heterocycles. The van der Waals surface area contributed by atoms with Crippen LogP contribution < -0.4 is 15.8 Å². The maximum Gasteiger partial charge on any atom is 0.289 e. The van der Waals surface area contributed by atoms with Crippen LogP contribution in [0.1, 0.15) is 0 Å². The molecule has 0 bridgehead atoms. The van der Waals surface area contributed by atoms with Crippen molar-refractivity contribution < 1.29 is 5.11 Å². The summed E-state index contributed by atoms with van der Waals surface area (Å²) in [7, 11) is 1.64. The van der Waals surface area contributed by atoms with Crippen LogP contribution in [0.15, 0.2) is 41.3 Å². The molecule has 2 aromatic rings. The molecule has 3 rings (SSSR count). The third kappa shape index (κ3) is 3.68. The van der Waals surface area contributed by atoms with E-state index in [9.17, 15) is 9.90 Å². The van der Waals surface area contributed by atoms with E-state index >= 15 is 0 Å². The van der Waals surface area contributed by atoms with E-state index in [1.54, 1.807) is 25.4 Å². The molecule has 1 aliphatic rings. The first-order chi connectivity index (χ1) is 11.6. The van der Waals surface area contributed by atoms with Gasteiger partial charge >= 0.3 is 0 Å². The van der Waals surface area contributed by atoms with E-state index in [4.69, 9.17) is 0 Å². The van der Waals surface area contributed by atoms with Crippen LogP contribution in [-0.2, 0) is 7.05 Å². The number of phenolic OH excluding ortho intramolecular Hbond substituents is 1. The highest BCUT2D eigenvalue weighted by Gasteiger charge is 2.18. The van der Waals surface area contributed by atoms with Crippen LogP contribution in [-0.4, -0.2) is 59.1 Å². The number of anilines is 2. The normalized spacial score (nSPS) is 15.5. The molecule has 0 aliphatic carbocycles. The molecule has 0 spiro atoms. The van der Waals surface area contributed by atoms with Crippen LogP contribution >= 0.6 is 0 Å². The monoisotopic (exact) mass is 329 g/mol. The number of aryl methyl sites for hydroxylation is 1. The van der Waals surface area contributed by atoms with Crippen molar-refractivity contribution >= 4 is 11.4 Å². The zero-order valence-electron chi connectivity index (χ0n) is 13.9. The molecule has 0 unspecified atom stereocenters. The average molecular weight is 329 g/mol. The first-order valence-corrected chi connectivity index (χ1v) is 8.16. The highest BCUT2D eigenvalue weighted by molar-refractivity contribution is 5.57. The number of piperazine rings is 1. The zero-order chi connectivity index (χ0) is 16.9. The molecule has 2 heterocycles. The Balaban J connectivity index is 1.47. The van der Waals surface area contributed by atoms with Gasteiger partial charge in [0.25, 0.3) is 5.56 Å². The van der Waals surface area contributed by atoms with E-state index in [1.807, 2.05) is 18.2 Å². The van der Waals surface area contributed by atoms with Gasteiger partial charge in [0.15, 0.2) is 0 Å². The molecular formula is C17H23N5O2. The Hall–Kier alpha value is -2.54. The molecule has 1 saturated heterocycles. The zero-order valence-corrected chi connectivity index (χ0v) is 13.9. The van der Waals surface area contributed by atoms with Crippen LogP contribution in [0.5, 0.6) is 5.75 Å². The molecule has 24 heavy (non-hydrogen) atoms. The largest absolute Gasteiger partial charge is 0.506 e. The van der Waals surface area contributed by atoms with Crippen molar-refractivity contribution in [1.29, 1.82) is 0 Å². The van der Waals surface area contributed by atoms with Crippen molar-refractivity contribution in [2.24, 2.45) is 7.05 Å². The summed E-state index contributed by atoms with van der Waals surface area (Å²) in [6.07, 6.45) is 1.62. The van der Waals surface area contributed by atoms with Gasteiger partial charge in [-0.05, 0) is 18.2 Å². The van der Waals surface area contributed by atoms with E-state index in [1.165, 1.54) is 4.68 Å². The maximum atomic E-state index is 11.9. The summed E-state index contributed by atoms with van der Waals surface area (Å²) in [6, 6.07) is 9.16. The van der Waals surface area contributed by atoms with Gasteiger partial charge in [-0.3, -0.25) is 9.69 Å². The lowest BCUT2D eigenvalue weighted by Gasteiger charge is -2.36. The van der Waals surface area contributed by atoms with Gasteiger partial charge in [0, 0.05) is 52.5 Å². The van der Waals surface area contributed by atoms with Crippen LogP contribution in [0.4, 0.5) is 11.4 Å². The first-order valence-electron chi connectivity index (χ1n) is 8.16. The molecule has 1 aromatic carbocycles. The molecule has 2 N–H and O–H groups in total. The minimum absolute atomic E-state index is 0.109. The quantitative estimate of drug-likeness (QED) is 0.842. The highest BCUT2D eigenvalue weighted by Crippen LogP contribution is 2.27. The SMILES string of the molecule is Cn1nccc(NCCN2CCN(c3ccccc3O)CC2)c1=O. The first kappa shape index (κ1) is 16.3. The van der Waals surface area contributed by atoms with E-state index in [0.717, 1.165) is 45.0 Å². The lowest BCUT2D eigenvalue weighted by atomic mass is 10.2. The molecular weight excluding hydrogens is 306 g/mol. The van der Waals surface area contributed by atoms with Crippen molar-refractivity contribution in [2.45, 2.75) is 0 Å². The number of hydrogen-bond donors (Lipinski definition) is 2. The molecule has 0 amide bonds. The minimum atomic E-state index is -0.109. The molecule has 0 radical (unpaired) electrons. The van der Waals surface area contributed by atoms with Gasteiger partial charge in [-0.1, -0.05) is 12.1 Å².